The molecule has 0 spiro atoms. The van der Waals surface area contributed by atoms with Crippen molar-refractivity contribution < 1.29 is 9.13 Å². The first-order valence-corrected chi connectivity index (χ1v) is 7.25. The number of nitrogens with one attached hydrogen (secondary N) is 1. The number of pyridine rings is 1. The number of hydrogen-bond donors (Lipinski definition) is 1. The van der Waals surface area contributed by atoms with Gasteiger partial charge in [-0.3, -0.25) is 0 Å². The van der Waals surface area contributed by atoms with Crippen LogP contribution >= 0.6 is 11.6 Å². The average Bonchev–Trinajstić information content (AvgIpc) is 3.27. The molecule has 0 saturated heterocycles. The molecular weight excluding hydrogens is 279 g/mol. The minimum atomic E-state index is -0.433. The number of anilines is 1. The lowest BCUT2D eigenvalue weighted by molar-refractivity contribution is 0.110. The van der Waals surface area contributed by atoms with Crippen molar-refractivity contribution in [1.29, 1.82) is 0 Å². The van der Waals surface area contributed by atoms with Gasteiger partial charge in [-0.15, -0.1) is 0 Å². The Hall–Kier alpha value is -1.39. The van der Waals surface area contributed by atoms with E-state index < -0.39 is 5.82 Å². The molecule has 1 aromatic heterocycles. The van der Waals surface area contributed by atoms with Gasteiger partial charge in [-0.25, -0.2) is 9.37 Å². The number of hydrogen-bond acceptors (Lipinski definition) is 3. The summed E-state index contributed by atoms with van der Waals surface area (Å²) in [4.78, 5) is 4.49. The van der Waals surface area contributed by atoms with Crippen LogP contribution in [0.5, 0.6) is 0 Å². The molecule has 2 aliphatic rings. The molecular formula is C15H14ClFN2O. The van der Waals surface area contributed by atoms with Gasteiger partial charge < -0.3 is 10.1 Å². The van der Waals surface area contributed by atoms with Crippen molar-refractivity contribution in [2.75, 3.05) is 11.9 Å². The summed E-state index contributed by atoms with van der Waals surface area (Å²) in [6.45, 7) is 1.17. The van der Waals surface area contributed by atoms with Crippen molar-refractivity contribution in [1.82, 2.24) is 4.98 Å². The first-order chi connectivity index (χ1) is 9.74. The molecule has 1 fully saturated rings. The van der Waals surface area contributed by atoms with Crippen LogP contribution in [0.1, 0.15) is 24.1 Å². The number of nitrogens with zero attached hydrogens (tertiary/aromatic N) is 1. The van der Waals surface area contributed by atoms with Crippen LogP contribution in [0.25, 0.3) is 10.9 Å². The van der Waals surface area contributed by atoms with E-state index in [9.17, 15) is 4.39 Å². The molecule has 104 valence electrons. The van der Waals surface area contributed by atoms with Crippen molar-refractivity contribution in [3.8, 4) is 0 Å². The Balaban J connectivity index is 2.00. The standard InChI is InChI=1S/C15H14ClFN2O/c16-11-4-3-9-14(18-8-1-2-8)10-7-20-6-5-12(10)19-15(9)13(11)17/h3-4,8H,1-2,5-7H2,(H,18,19). The molecule has 2 heterocycles. The smallest absolute Gasteiger partial charge is 0.168 e. The van der Waals surface area contributed by atoms with Crippen molar-refractivity contribution in [2.24, 2.45) is 0 Å². The van der Waals surface area contributed by atoms with Crippen LogP contribution < -0.4 is 5.32 Å². The Morgan fingerprint density at radius 2 is 2.20 bits per heavy atom. The van der Waals surface area contributed by atoms with Crippen LogP contribution in [-0.2, 0) is 17.8 Å². The highest BCUT2D eigenvalue weighted by Gasteiger charge is 2.26. The second kappa shape index (κ2) is 4.57. The van der Waals surface area contributed by atoms with E-state index >= 15 is 0 Å². The first kappa shape index (κ1) is 12.4. The Morgan fingerprint density at radius 1 is 1.35 bits per heavy atom. The summed E-state index contributed by atoms with van der Waals surface area (Å²) in [7, 11) is 0. The van der Waals surface area contributed by atoms with Gasteiger partial charge in [-0.2, -0.15) is 0 Å². The van der Waals surface area contributed by atoms with Crippen LogP contribution in [0.2, 0.25) is 5.02 Å². The van der Waals surface area contributed by atoms with Gasteiger partial charge in [0.25, 0.3) is 0 Å². The Labute approximate surface area is 121 Å². The van der Waals surface area contributed by atoms with E-state index in [4.69, 9.17) is 16.3 Å². The second-order valence-corrected chi connectivity index (χ2v) is 5.80. The zero-order valence-corrected chi connectivity index (χ0v) is 11.6. The van der Waals surface area contributed by atoms with Gasteiger partial charge in [0.1, 0.15) is 5.52 Å². The highest BCUT2D eigenvalue weighted by Crippen LogP contribution is 2.37. The fraction of sp³-hybridized carbons (Fsp3) is 0.400. The van der Waals surface area contributed by atoms with Gasteiger partial charge in [0, 0.05) is 23.4 Å². The van der Waals surface area contributed by atoms with E-state index in [1.165, 1.54) is 0 Å². The molecule has 2 aromatic rings. The van der Waals surface area contributed by atoms with Crippen molar-refractivity contribution in [3.63, 3.8) is 0 Å². The highest BCUT2D eigenvalue weighted by molar-refractivity contribution is 6.31. The van der Waals surface area contributed by atoms with E-state index in [2.05, 4.69) is 10.3 Å². The predicted molar refractivity (Wildman–Crippen MR) is 76.7 cm³/mol. The fourth-order valence-electron chi connectivity index (χ4n) is 2.66. The molecule has 5 heteroatoms. The summed E-state index contributed by atoms with van der Waals surface area (Å²) >= 11 is 5.88. The van der Waals surface area contributed by atoms with Crippen molar-refractivity contribution >= 4 is 28.2 Å². The largest absolute Gasteiger partial charge is 0.381 e. The molecule has 0 radical (unpaired) electrons. The van der Waals surface area contributed by atoms with Gasteiger partial charge in [0.05, 0.1) is 29.6 Å². The van der Waals surface area contributed by atoms with Crippen molar-refractivity contribution in [3.05, 3.63) is 34.2 Å². The lowest BCUT2D eigenvalue weighted by Gasteiger charge is -2.22. The molecule has 20 heavy (non-hydrogen) atoms. The lowest BCUT2D eigenvalue weighted by Crippen LogP contribution is -2.16. The summed E-state index contributed by atoms with van der Waals surface area (Å²) in [5.74, 6) is -0.433. The summed E-state index contributed by atoms with van der Waals surface area (Å²) < 4.78 is 19.8. The monoisotopic (exact) mass is 292 g/mol. The Morgan fingerprint density at radius 3 is 3.00 bits per heavy atom. The van der Waals surface area contributed by atoms with E-state index in [1.807, 2.05) is 6.07 Å². The quantitative estimate of drug-likeness (QED) is 0.917. The number of aromatic nitrogens is 1. The molecule has 1 aliphatic heterocycles. The van der Waals surface area contributed by atoms with E-state index in [0.717, 1.165) is 41.6 Å². The minimum Gasteiger partial charge on any atom is -0.381 e. The molecule has 0 unspecified atom stereocenters. The summed E-state index contributed by atoms with van der Waals surface area (Å²) in [6, 6.07) is 3.92. The molecule has 1 saturated carbocycles. The van der Waals surface area contributed by atoms with Crippen LogP contribution in [0.3, 0.4) is 0 Å². The van der Waals surface area contributed by atoms with Crippen LogP contribution in [0.4, 0.5) is 10.1 Å². The van der Waals surface area contributed by atoms with Gasteiger partial charge in [-0.05, 0) is 25.0 Å². The van der Waals surface area contributed by atoms with Crippen LogP contribution in [0, 0.1) is 5.82 Å². The maximum Gasteiger partial charge on any atom is 0.168 e. The number of ether oxygens (including phenoxy) is 1. The highest BCUT2D eigenvalue weighted by atomic mass is 35.5. The predicted octanol–water partition coefficient (Wildman–Crippen LogP) is 3.67. The maximum absolute atomic E-state index is 14.2. The first-order valence-electron chi connectivity index (χ1n) is 6.88. The molecule has 1 N–H and O–H groups in total. The molecule has 1 aliphatic carbocycles. The van der Waals surface area contributed by atoms with Gasteiger partial charge in [0.2, 0.25) is 0 Å². The zero-order chi connectivity index (χ0) is 13.7. The SMILES string of the molecule is Fc1c(Cl)ccc2c(NC3CC3)c3c(nc12)CCOC3. The molecule has 1 aromatic carbocycles. The summed E-state index contributed by atoms with van der Waals surface area (Å²) in [6.07, 6.45) is 3.04. The third-order valence-electron chi connectivity index (χ3n) is 3.89. The lowest BCUT2D eigenvalue weighted by atomic mass is 10.0. The third kappa shape index (κ3) is 1.95. The number of halogens is 2. The number of fused-ring (bicyclic) bond motifs is 2. The molecule has 4 rings (SSSR count). The normalized spacial score (nSPS) is 18.1. The van der Waals surface area contributed by atoms with E-state index in [0.29, 0.717) is 24.8 Å². The van der Waals surface area contributed by atoms with E-state index in [-0.39, 0.29) is 5.02 Å². The van der Waals surface area contributed by atoms with E-state index in [1.54, 1.807) is 6.07 Å². The second-order valence-electron chi connectivity index (χ2n) is 5.39. The van der Waals surface area contributed by atoms with Crippen molar-refractivity contribution in [2.45, 2.75) is 31.9 Å². The summed E-state index contributed by atoms with van der Waals surface area (Å²) in [5, 5.41) is 4.42. The Kier molecular flexibility index (Phi) is 2.82. The van der Waals surface area contributed by atoms with Crippen LogP contribution in [-0.4, -0.2) is 17.6 Å². The molecule has 0 amide bonds. The third-order valence-corrected chi connectivity index (χ3v) is 4.18. The maximum atomic E-state index is 14.2. The zero-order valence-electron chi connectivity index (χ0n) is 10.9. The Bertz CT molecular complexity index is 700. The fourth-order valence-corrected chi connectivity index (χ4v) is 2.81. The van der Waals surface area contributed by atoms with Gasteiger partial charge in [0.15, 0.2) is 5.82 Å². The average molecular weight is 293 g/mol. The van der Waals surface area contributed by atoms with Gasteiger partial charge in [-0.1, -0.05) is 11.6 Å². The van der Waals surface area contributed by atoms with Gasteiger partial charge >= 0.3 is 0 Å². The molecule has 0 atom stereocenters. The number of benzene rings is 1. The summed E-state index contributed by atoms with van der Waals surface area (Å²) in [5.41, 5.74) is 3.33. The number of rotatable bonds is 2. The van der Waals surface area contributed by atoms with Crippen LogP contribution in [0.15, 0.2) is 12.1 Å². The molecule has 3 nitrogen and oxygen atoms in total. The minimum absolute atomic E-state index is 0.120. The topological polar surface area (TPSA) is 34.2 Å². The molecule has 0 bridgehead atoms.